The first-order valence-electron chi connectivity index (χ1n) is 8.23. The van der Waals surface area contributed by atoms with Gasteiger partial charge in [0.2, 0.25) is 11.9 Å². The lowest BCUT2D eigenvalue weighted by molar-refractivity contribution is 0.127. The summed E-state index contributed by atoms with van der Waals surface area (Å²) in [5, 5.41) is 15.9. The van der Waals surface area contributed by atoms with Crippen molar-refractivity contribution in [3.05, 3.63) is 93.5 Å². The summed E-state index contributed by atoms with van der Waals surface area (Å²) in [4.78, 5) is 16.1. The van der Waals surface area contributed by atoms with E-state index in [2.05, 4.69) is 10.1 Å². The largest absolute Gasteiger partial charge is 0.368 e. The topological polar surface area (TPSA) is 68.0 Å². The second-order valence-corrected chi connectivity index (χ2v) is 6.48. The van der Waals surface area contributed by atoms with Gasteiger partial charge in [-0.25, -0.2) is 0 Å². The number of hydrogen-bond acceptors (Lipinski definition) is 4. The van der Waals surface area contributed by atoms with E-state index < -0.39 is 23.7 Å². The maximum absolute atomic E-state index is 14.3. The van der Waals surface area contributed by atoms with Crippen LogP contribution in [0.3, 0.4) is 0 Å². The van der Waals surface area contributed by atoms with E-state index in [1.807, 2.05) is 0 Å². The first-order chi connectivity index (χ1) is 13.5. The molecule has 0 fully saturated rings. The minimum Gasteiger partial charge on any atom is -0.368 e. The summed E-state index contributed by atoms with van der Waals surface area (Å²) in [5.74, 6) is -2.04. The van der Waals surface area contributed by atoms with Crippen LogP contribution in [0.15, 0.2) is 65.5 Å². The van der Waals surface area contributed by atoms with Crippen molar-refractivity contribution in [2.75, 3.05) is 0 Å². The first kappa shape index (κ1) is 18.2. The zero-order chi connectivity index (χ0) is 19.8. The van der Waals surface area contributed by atoms with Crippen molar-refractivity contribution < 1.29 is 13.9 Å². The number of halogens is 3. The Balaban J connectivity index is 1.99. The number of hydrogen-bond donors (Lipinski definition) is 1. The molecule has 0 aliphatic rings. The van der Waals surface area contributed by atoms with E-state index in [-0.39, 0.29) is 16.6 Å². The number of aliphatic hydroxyl groups excluding tert-OH is 1. The predicted molar refractivity (Wildman–Crippen MR) is 101 cm³/mol. The molecule has 2 aromatic heterocycles. The van der Waals surface area contributed by atoms with Crippen LogP contribution >= 0.6 is 11.6 Å². The molecule has 0 saturated heterocycles. The fourth-order valence-electron chi connectivity index (χ4n) is 2.94. The summed E-state index contributed by atoms with van der Waals surface area (Å²) < 4.78 is 28.4. The highest BCUT2D eigenvalue weighted by molar-refractivity contribution is 6.30. The molecule has 0 aliphatic heterocycles. The number of rotatable bonds is 3. The molecule has 0 radical (unpaired) electrons. The first-order valence-corrected chi connectivity index (χ1v) is 8.61. The van der Waals surface area contributed by atoms with E-state index in [1.165, 1.54) is 6.07 Å². The van der Waals surface area contributed by atoms with Crippen LogP contribution in [0, 0.1) is 11.9 Å². The smallest absolute Gasteiger partial charge is 0.277 e. The van der Waals surface area contributed by atoms with Crippen molar-refractivity contribution >= 4 is 22.4 Å². The van der Waals surface area contributed by atoms with Gasteiger partial charge in [-0.05, 0) is 30.3 Å². The molecule has 1 atom stereocenters. The Kier molecular flexibility index (Phi) is 4.62. The Hall–Kier alpha value is -3.16. The molecule has 5 nitrogen and oxygen atoms in total. The highest BCUT2D eigenvalue weighted by Crippen LogP contribution is 2.27. The number of pyridine rings is 1. The number of aliphatic hydroxyl groups is 1. The highest BCUT2D eigenvalue weighted by atomic mass is 35.5. The van der Waals surface area contributed by atoms with Crippen molar-refractivity contribution in [2.45, 2.75) is 6.23 Å². The Labute approximate surface area is 162 Å². The summed E-state index contributed by atoms with van der Waals surface area (Å²) in [5.41, 5.74) is -0.210. The van der Waals surface area contributed by atoms with Crippen molar-refractivity contribution in [2.24, 2.45) is 0 Å². The monoisotopic (exact) mass is 399 g/mol. The Morgan fingerprint density at radius 1 is 0.964 bits per heavy atom. The van der Waals surface area contributed by atoms with Crippen molar-refractivity contribution in [3.63, 3.8) is 0 Å². The normalized spacial score (nSPS) is 12.3. The van der Waals surface area contributed by atoms with Gasteiger partial charge in [0.25, 0.3) is 5.56 Å². The van der Waals surface area contributed by atoms with E-state index >= 15 is 0 Å². The van der Waals surface area contributed by atoms with Crippen LogP contribution in [0.4, 0.5) is 8.78 Å². The summed E-state index contributed by atoms with van der Waals surface area (Å²) >= 11 is 5.86. The lowest BCUT2D eigenvalue weighted by atomic mass is 10.1. The van der Waals surface area contributed by atoms with Gasteiger partial charge in [0, 0.05) is 16.0 Å². The van der Waals surface area contributed by atoms with Gasteiger partial charge in [-0.15, -0.1) is 0 Å². The summed E-state index contributed by atoms with van der Waals surface area (Å²) in [6.07, 6.45) is -1.43. The third-order valence-electron chi connectivity index (χ3n) is 4.30. The van der Waals surface area contributed by atoms with Gasteiger partial charge in [-0.2, -0.15) is 23.5 Å². The lowest BCUT2D eigenvalue weighted by Gasteiger charge is -2.16. The van der Waals surface area contributed by atoms with Crippen LogP contribution in [-0.4, -0.2) is 19.9 Å². The molecule has 140 valence electrons. The minimum absolute atomic E-state index is 0.0632. The molecule has 0 bridgehead atoms. The van der Waals surface area contributed by atoms with Crippen LogP contribution in [0.1, 0.15) is 11.8 Å². The molecule has 0 aliphatic carbocycles. The Morgan fingerprint density at radius 3 is 2.32 bits per heavy atom. The number of fused-ring (bicyclic) bond motifs is 1. The third-order valence-corrected chi connectivity index (χ3v) is 4.55. The quantitative estimate of drug-likeness (QED) is 0.530. The summed E-state index contributed by atoms with van der Waals surface area (Å²) in [7, 11) is 0. The van der Waals surface area contributed by atoms with Gasteiger partial charge in [0.15, 0.2) is 6.23 Å². The second-order valence-electron chi connectivity index (χ2n) is 6.04. The van der Waals surface area contributed by atoms with Gasteiger partial charge in [-0.1, -0.05) is 41.9 Å². The van der Waals surface area contributed by atoms with Crippen LogP contribution in [-0.2, 0) is 0 Å². The van der Waals surface area contributed by atoms with E-state index in [0.717, 1.165) is 10.7 Å². The molecule has 8 heteroatoms. The molecule has 2 heterocycles. The van der Waals surface area contributed by atoms with Gasteiger partial charge < -0.3 is 5.11 Å². The fraction of sp³-hybridized carbons (Fsp3) is 0.0500. The molecule has 0 amide bonds. The van der Waals surface area contributed by atoms with Crippen LogP contribution in [0.2, 0.25) is 5.02 Å². The van der Waals surface area contributed by atoms with Crippen LogP contribution in [0.5, 0.6) is 0 Å². The molecular formula is C20H12ClF2N3O2. The molecular weight excluding hydrogens is 388 g/mol. The van der Waals surface area contributed by atoms with Gasteiger partial charge in [-0.3, -0.25) is 4.79 Å². The third kappa shape index (κ3) is 3.15. The average Bonchev–Trinajstić information content (AvgIpc) is 2.69. The molecule has 28 heavy (non-hydrogen) atoms. The zero-order valence-electron chi connectivity index (χ0n) is 14.2. The number of aromatic nitrogens is 3. The fourth-order valence-corrected chi connectivity index (χ4v) is 3.06. The summed E-state index contributed by atoms with van der Waals surface area (Å²) in [6, 6.07) is 14.9. The SMILES string of the molecule is O=c1c2ccccc2c(-c2ccc(F)nc2F)nn1C(O)c1ccc(Cl)cc1. The van der Waals surface area contributed by atoms with E-state index in [9.17, 15) is 18.7 Å². The van der Waals surface area contributed by atoms with Crippen LogP contribution < -0.4 is 5.56 Å². The van der Waals surface area contributed by atoms with Gasteiger partial charge in [0.1, 0.15) is 5.69 Å². The molecule has 1 N–H and O–H groups in total. The van der Waals surface area contributed by atoms with E-state index in [1.54, 1.807) is 48.5 Å². The Morgan fingerprint density at radius 2 is 1.64 bits per heavy atom. The lowest BCUT2D eigenvalue weighted by Crippen LogP contribution is -2.28. The molecule has 0 saturated carbocycles. The van der Waals surface area contributed by atoms with Crippen molar-refractivity contribution in [1.29, 1.82) is 0 Å². The molecule has 2 aromatic carbocycles. The van der Waals surface area contributed by atoms with E-state index in [0.29, 0.717) is 16.0 Å². The minimum atomic E-state index is -1.43. The number of benzene rings is 2. The standard InChI is InChI=1S/C20H12ClF2N3O2/c21-12-7-5-11(6-8-12)19(27)26-20(28)14-4-2-1-3-13(14)17(25-26)15-9-10-16(22)24-18(15)23/h1-10,19,27H. The van der Waals surface area contributed by atoms with Gasteiger partial charge in [0.05, 0.1) is 10.9 Å². The Bertz CT molecular complexity index is 1240. The predicted octanol–water partition coefficient (Wildman–Crippen LogP) is 3.93. The maximum atomic E-state index is 14.3. The summed E-state index contributed by atoms with van der Waals surface area (Å²) in [6.45, 7) is 0. The maximum Gasteiger partial charge on any atom is 0.277 e. The molecule has 0 spiro atoms. The molecule has 4 aromatic rings. The molecule has 4 rings (SSSR count). The van der Waals surface area contributed by atoms with Crippen molar-refractivity contribution in [1.82, 2.24) is 14.8 Å². The van der Waals surface area contributed by atoms with Gasteiger partial charge >= 0.3 is 0 Å². The molecule has 1 unspecified atom stereocenters. The zero-order valence-corrected chi connectivity index (χ0v) is 14.9. The van der Waals surface area contributed by atoms with Crippen LogP contribution in [0.25, 0.3) is 22.0 Å². The van der Waals surface area contributed by atoms with E-state index in [4.69, 9.17) is 11.6 Å². The average molecular weight is 400 g/mol. The second kappa shape index (κ2) is 7.10. The van der Waals surface area contributed by atoms with Crippen molar-refractivity contribution in [3.8, 4) is 11.3 Å². The highest BCUT2D eigenvalue weighted by Gasteiger charge is 2.20. The number of nitrogens with zero attached hydrogens (tertiary/aromatic N) is 3.